The van der Waals surface area contributed by atoms with E-state index >= 15 is 0 Å². The first kappa shape index (κ1) is 12.0. The normalized spacial score (nSPS) is 9.23. The van der Waals surface area contributed by atoms with E-state index in [4.69, 9.17) is 0 Å². The van der Waals surface area contributed by atoms with Crippen LogP contribution in [-0.2, 0) is 0 Å². The van der Waals surface area contributed by atoms with Gasteiger partial charge in [-0.15, -0.1) is 0 Å². The molecule has 0 spiro atoms. The van der Waals surface area contributed by atoms with Crippen molar-refractivity contribution in [3.63, 3.8) is 0 Å². The summed E-state index contributed by atoms with van der Waals surface area (Å²) in [5, 5.41) is 9.93. The zero-order chi connectivity index (χ0) is 10.3. The first-order valence-electron chi connectivity index (χ1n) is 3.73. The number of rotatable bonds is 3. The van der Waals surface area contributed by atoms with Gasteiger partial charge in [-0.3, -0.25) is 0 Å². The molecule has 0 bridgehead atoms. The Labute approximate surface area is 78.6 Å². The highest BCUT2D eigenvalue weighted by Crippen LogP contribution is 2.15. The van der Waals surface area contributed by atoms with Crippen molar-refractivity contribution in [3.8, 4) is 0 Å². The SMILES string of the molecule is CNC(=O)NCNC(=O)NP(C)C. The summed E-state index contributed by atoms with van der Waals surface area (Å²) in [6.45, 7) is 3.96. The molecule has 0 fully saturated rings. The van der Waals surface area contributed by atoms with Gasteiger partial charge >= 0.3 is 12.1 Å². The summed E-state index contributed by atoms with van der Waals surface area (Å²) in [6.07, 6.45) is 0. The number of hydrogen-bond donors (Lipinski definition) is 4. The predicted octanol–water partition coefficient (Wildman–Crippen LogP) is -0.171. The summed E-state index contributed by atoms with van der Waals surface area (Å²) in [6, 6.07) is -0.594. The van der Waals surface area contributed by atoms with E-state index in [9.17, 15) is 9.59 Å². The zero-order valence-electron chi connectivity index (χ0n) is 7.97. The Hall–Kier alpha value is -1.03. The van der Waals surface area contributed by atoms with Gasteiger partial charge in [0.1, 0.15) is 0 Å². The zero-order valence-corrected chi connectivity index (χ0v) is 8.87. The van der Waals surface area contributed by atoms with Crippen molar-refractivity contribution in [1.82, 2.24) is 21.0 Å². The van der Waals surface area contributed by atoms with Crippen LogP contribution in [0.1, 0.15) is 0 Å². The van der Waals surface area contributed by atoms with Crippen LogP contribution in [0.2, 0.25) is 0 Å². The molecule has 0 aliphatic heterocycles. The molecule has 0 saturated carbocycles. The molecule has 6 nitrogen and oxygen atoms in total. The van der Waals surface area contributed by atoms with Crippen LogP contribution in [0, 0.1) is 0 Å². The molecular weight excluding hydrogens is 191 g/mol. The van der Waals surface area contributed by atoms with Gasteiger partial charge in [0.2, 0.25) is 0 Å². The van der Waals surface area contributed by atoms with Crippen molar-refractivity contribution < 1.29 is 9.59 Å². The van der Waals surface area contributed by atoms with E-state index in [2.05, 4.69) is 21.0 Å². The Kier molecular flexibility index (Phi) is 5.97. The number of urea groups is 2. The monoisotopic (exact) mass is 206 g/mol. The van der Waals surface area contributed by atoms with Gasteiger partial charge in [0.15, 0.2) is 0 Å². The van der Waals surface area contributed by atoms with E-state index in [1.165, 1.54) is 7.05 Å². The lowest BCUT2D eigenvalue weighted by atomic mass is 10.8. The fourth-order valence-corrected chi connectivity index (χ4v) is 1.02. The third-order valence-corrected chi connectivity index (χ3v) is 1.70. The Morgan fingerprint density at radius 2 is 1.69 bits per heavy atom. The number of amides is 4. The third-order valence-electron chi connectivity index (χ3n) is 1.05. The Morgan fingerprint density at radius 3 is 2.15 bits per heavy atom. The van der Waals surface area contributed by atoms with Gasteiger partial charge in [-0.25, -0.2) is 9.59 Å². The maximum absolute atomic E-state index is 10.9. The van der Waals surface area contributed by atoms with Crippen LogP contribution in [-0.4, -0.2) is 39.1 Å². The topological polar surface area (TPSA) is 82.3 Å². The highest BCUT2D eigenvalue weighted by atomic mass is 31.1. The number of carbonyl (C=O) groups excluding carboxylic acids is 2. The molecule has 0 atom stereocenters. The van der Waals surface area contributed by atoms with Crippen molar-refractivity contribution in [3.05, 3.63) is 0 Å². The van der Waals surface area contributed by atoms with Crippen LogP contribution in [0.5, 0.6) is 0 Å². The van der Waals surface area contributed by atoms with Crippen LogP contribution in [0.25, 0.3) is 0 Å². The van der Waals surface area contributed by atoms with Crippen molar-refractivity contribution in [2.75, 3.05) is 27.0 Å². The molecule has 0 aliphatic carbocycles. The average Bonchev–Trinajstić information content (AvgIpc) is 2.02. The molecule has 7 heteroatoms. The Bertz CT molecular complexity index is 185. The van der Waals surface area contributed by atoms with E-state index in [0.717, 1.165) is 0 Å². The molecule has 0 aromatic rings. The number of hydrogen-bond acceptors (Lipinski definition) is 2. The fourth-order valence-electron chi connectivity index (χ4n) is 0.536. The molecule has 0 saturated heterocycles. The number of nitrogens with one attached hydrogen (secondary N) is 4. The second kappa shape index (κ2) is 6.48. The second-order valence-electron chi connectivity index (χ2n) is 2.44. The van der Waals surface area contributed by atoms with Crippen molar-refractivity contribution in [2.45, 2.75) is 0 Å². The molecule has 0 unspecified atom stereocenters. The molecule has 0 aliphatic rings. The Morgan fingerprint density at radius 1 is 1.15 bits per heavy atom. The van der Waals surface area contributed by atoms with Gasteiger partial charge in [0.25, 0.3) is 0 Å². The molecule has 4 N–H and O–H groups in total. The van der Waals surface area contributed by atoms with Gasteiger partial charge in [0, 0.05) is 7.05 Å². The highest BCUT2D eigenvalue weighted by molar-refractivity contribution is 7.54. The van der Waals surface area contributed by atoms with Gasteiger partial charge in [0.05, 0.1) is 6.67 Å². The van der Waals surface area contributed by atoms with Gasteiger partial charge < -0.3 is 21.0 Å². The first-order chi connectivity index (χ1) is 6.06. The van der Waals surface area contributed by atoms with Crippen molar-refractivity contribution in [1.29, 1.82) is 0 Å². The summed E-state index contributed by atoms with van der Waals surface area (Å²) in [5.74, 6) is 0. The van der Waals surface area contributed by atoms with Gasteiger partial charge in [-0.2, -0.15) is 0 Å². The van der Waals surface area contributed by atoms with Crippen LogP contribution in [0.3, 0.4) is 0 Å². The molecule has 0 aromatic carbocycles. The third kappa shape index (κ3) is 7.33. The molecular formula is C6H15N4O2P. The minimum absolute atomic E-state index is 0.120. The molecule has 76 valence electrons. The summed E-state index contributed by atoms with van der Waals surface area (Å²) >= 11 is 0. The molecule has 0 aromatic heterocycles. The summed E-state index contributed by atoms with van der Waals surface area (Å²) in [4.78, 5) is 21.6. The second-order valence-corrected chi connectivity index (χ2v) is 4.46. The lowest BCUT2D eigenvalue weighted by Gasteiger charge is -2.10. The highest BCUT2D eigenvalue weighted by Gasteiger charge is 2.01. The van der Waals surface area contributed by atoms with Crippen LogP contribution in [0.15, 0.2) is 0 Å². The van der Waals surface area contributed by atoms with E-state index < -0.39 is 8.07 Å². The minimum atomic E-state index is -0.466. The largest absolute Gasteiger partial charge is 0.341 e. The summed E-state index contributed by atoms with van der Waals surface area (Å²) < 4.78 is 0. The molecule has 0 radical (unpaired) electrons. The fraction of sp³-hybridized carbons (Fsp3) is 0.667. The molecule has 0 rings (SSSR count). The molecule has 4 amide bonds. The van der Waals surface area contributed by atoms with Crippen LogP contribution >= 0.6 is 8.07 Å². The predicted molar refractivity (Wildman–Crippen MR) is 52.9 cm³/mol. The summed E-state index contributed by atoms with van der Waals surface area (Å²) in [5.41, 5.74) is 0. The summed E-state index contributed by atoms with van der Waals surface area (Å²) in [7, 11) is 1.04. The smallest absolute Gasteiger partial charge is 0.319 e. The minimum Gasteiger partial charge on any atom is -0.341 e. The molecule has 0 heterocycles. The van der Waals surface area contributed by atoms with E-state index in [-0.39, 0.29) is 18.7 Å². The van der Waals surface area contributed by atoms with E-state index in [0.29, 0.717) is 0 Å². The van der Waals surface area contributed by atoms with E-state index in [1.807, 2.05) is 13.3 Å². The lowest BCUT2D eigenvalue weighted by Crippen LogP contribution is -2.43. The standard InChI is InChI=1S/C6H15N4O2P/c1-7-5(11)8-4-9-6(12)10-13(2)3/h4H2,1-3H3,(H2,7,8,11)(H2,9,10,12). The maximum Gasteiger partial charge on any atom is 0.319 e. The Balaban J connectivity index is 3.42. The lowest BCUT2D eigenvalue weighted by molar-refractivity contribution is 0.238. The molecule has 13 heavy (non-hydrogen) atoms. The van der Waals surface area contributed by atoms with Crippen LogP contribution < -0.4 is 21.0 Å². The first-order valence-corrected chi connectivity index (χ1v) is 5.97. The van der Waals surface area contributed by atoms with E-state index in [1.54, 1.807) is 0 Å². The van der Waals surface area contributed by atoms with Crippen molar-refractivity contribution in [2.24, 2.45) is 0 Å². The van der Waals surface area contributed by atoms with Gasteiger partial charge in [-0.1, -0.05) is 0 Å². The maximum atomic E-state index is 10.9. The van der Waals surface area contributed by atoms with Crippen LogP contribution in [0.4, 0.5) is 9.59 Å². The number of carbonyl (C=O) groups is 2. The quantitative estimate of drug-likeness (QED) is 0.382. The van der Waals surface area contributed by atoms with Crippen molar-refractivity contribution >= 4 is 20.1 Å². The average molecular weight is 206 g/mol. The van der Waals surface area contributed by atoms with Gasteiger partial charge in [-0.05, 0) is 21.4 Å².